The quantitative estimate of drug-likeness (QED) is 0.396. The molecule has 0 fully saturated rings. The first-order valence-corrected chi connectivity index (χ1v) is 9.70. The van der Waals surface area contributed by atoms with Gasteiger partial charge < -0.3 is 9.47 Å². The van der Waals surface area contributed by atoms with Crippen LogP contribution in [0.2, 0.25) is 5.02 Å². The topological polar surface area (TPSA) is 132 Å². The lowest BCUT2D eigenvalue weighted by Gasteiger charge is -2.17. The van der Waals surface area contributed by atoms with Crippen LogP contribution in [0.4, 0.5) is 0 Å². The number of hydrogen-bond donors (Lipinski definition) is 0. The van der Waals surface area contributed by atoms with Crippen molar-refractivity contribution in [2.24, 2.45) is 0 Å². The van der Waals surface area contributed by atoms with Crippen molar-refractivity contribution in [3.63, 3.8) is 0 Å². The number of rotatable bonds is 6. The molecular weight excluding hydrogens is 413 g/mol. The molecule has 8 nitrogen and oxygen atoms in total. The number of esters is 1. The van der Waals surface area contributed by atoms with E-state index in [9.17, 15) is 4.79 Å². The van der Waals surface area contributed by atoms with Gasteiger partial charge in [-0.15, -0.1) is 10.2 Å². The van der Waals surface area contributed by atoms with Crippen molar-refractivity contribution >= 4 is 17.6 Å². The normalized spacial score (nSPS) is 10.7. The number of pyridine rings is 1. The van der Waals surface area contributed by atoms with E-state index >= 15 is 0 Å². The first kappa shape index (κ1) is 24.1. The first-order chi connectivity index (χ1) is 13.0. The van der Waals surface area contributed by atoms with Gasteiger partial charge in [-0.05, 0) is 36.8 Å². The van der Waals surface area contributed by atoms with Gasteiger partial charge in [-0.1, -0.05) is 11.6 Å². The summed E-state index contributed by atoms with van der Waals surface area (Å²) >= 11 is 5.79. The van der Waals surface area contributed by atoms with E-state index in [4.69, 9.17) is 39.7 Å². The number of ether oxygens (including phenoxy) is 2. The van der Waals surface area contributed by atoms with Gasteiger partial charge in [-0.25, -0.2) is 23.4 Å². The van der Waals surface area contributed by atoms with Gasteiger partial charge in [0.2, 0.25) is 0 Å². The van der Waals surface area contributed by atoms with Crippen LogP contribution < -0.4 is 27.9 Å². The van der Waals surface area contributed by atoms with Crippen LogP contribution in [-0.2, 0) is 16.1 Å². The fourth-order valence-corrected chi connectivity index (χ4v) is 2.58. The van der Waals surface area contributed by atoms with Crippen LogP contribution in [0.3, 0.4) is 0 Å². The molecule has 0 spiro atoms. The van der Waals surface area contributed by atoms with Gasteiger partial charge >= 0.3 is 5.97 Å². The maximum Gasteiger partial charge on any atom is 0.344 e. The van der Waals surface area contributed by atoms with Gasteiger partial charge in [0.25, 0.3) is 0 Å². The molecule has 0 amide bonds. The Labute approximate surface area is 170 Å². The third-order valence-corrected chi connectivity index (χ3v) is 3.72. The van der Waals surface area contributed by atoms with E-state index in [1.807, 2.05) is 13.8 Å². The van der Waals surface area contributed by atoms with Crippen LogP contribution >= 0.6 is 11.6 Å². The molecule has 0 N–H and O–H groups in total. The van der Waals surface area contributed by atoms with Gasteiger partial charge in [0.15, 0.2) is 31.1 Å². The summed E-state index contributed by atoms with van der Waals surface area (Å²) in [4.78, 5) is 11.7. The van der Waals surface area contributed by atoms with Crippen molar-refractivity contribution in [1.82, 2.24) is 0 Å². The lowest BCUT2D eigenvalue weighted by molar-refractivity contribution is -2.00. The molecule has 2 aromatic rings. The van der Waals surface area contributed by atoms with E-state index in [1.54, 1.807) is 24.3 Å². The Morgan fingerprint density at radius 3 is 2.04 bits per heavy atom. The molecule has 1 aromatic heterocycles. The molecule has 0 saturated heterocycles. The minimum Gasteiger partial charge on any atom is -0.482 e. The molecule has 0 aliphatic rings. The van der Waals surface area contributed by atoms with Gasteiger partial charge in [-0.2, -0.15) is 4.57 Å². The zero-order valence-electron chi connectivity index (χ0n) is 15.6. The van der Waals surface area contributed by atoms with Gasteiger partial charge in [0.1, 0.15) is 5.75 Å². The summed E-state index contributed by atoms with van der Waals surface area (Å²) in [6, 6.07) is 11.1. The molecule has 0 atom stereocenters. The highest BCUT2D eigenvalue weighted by Gasteiger charge is 2.13. The Morgan fingerprint density at radius 1 is 1.04 bits per heavy atom. The van der Waals surface area contributed by atoms with Crippen LogP contribution in [0.5, 0.6) is 5.75 Å². The summed E-state index contributed by atoms with van der Waals surface area (Å²) < 4.78 is 46.7. The van der Waals surface area contributed by atoms with Gasteiger partial charge in [-0.3, -0.25) is 0 Å². The van der Waals surface area contributed by atoms with E-state index in [0.29, 0.717) is 23.9 Å². The minimum absolute atomic E-state index is 0.113. The Kier molecular flexibility index (Phi) is 9.60. The van der Waals surface area contributed by atoms with Crippen molar-refractivity contribution in [2.75, 3.05) is 13.2 Å². The molecule has 0 aliphatic carbocycles. The highest BCUT2D eigenvalue weighted by molar-refractivity contribution is 6.30. The zero-order chi connectivity index (χ0) is 21.3. The van der Waals surface area contributed by atoms with E-state index < -0.39 is 10.2 Å². The Hall–Kier alpha value is -1.94. The number of halogens is 2. The number of carbonyl (C=O) groups excluding carboxylic acids is 1. The zero-order valence-corrected chi connectivity index (χ0v) is 17.2. The molecule has 2 rings (SSSR count). The molecule has 0 radical (unpaired) electrons. The maximum absolute atomic E-state index is 11.7. The third-order valence-electron chi connectivity index (χ3n) is 3.47. The third kappa shape index (κ3) is 10.4. The first-order valence-electron chi connectivity index (χ1n) is 8.09. The van der Waals surface area contributed by atoms with Gasteiger partial charge in [0, 0.05) is 31.0 Å². The number of carbonyl (C=O) groups is 1. The van der Waals surface area contributed by atoms with Crippen LogP contribution in [0.1, 0.15) is 17.0 Å². The summed E-state index contributed by atoms with van der Waals surface area (Å²) in [7, 11) is -4.94. The summed E-state index contributed by atoms with van der Waals surface area (Å²) in [6.45, 7) is 7.00. The highest BCUT2D eigenvalue weighted by Crippen LogP contribution is 2.15. The average Bonchev–Trinajstić information content (AvgIpc) is 2.55. The smallest absolute Gasteiger partial charge is 0.344 e. The number of nitrogens with zero attached hydrogens (tertiary/aromatic N) is 1. The number of aromatic nitrogens is 1. The Morgan fingerprint density at radius 2 is 1.54 bits per heavy atom. The molecule has 1 aromatic carbocycles. The van der Waals surface area contributed by atoms with Crippen molar-refractivity contribution in [3.8, 4) is 5.75 Å². The standard InChI is InChI=1S/C18H21ClNO3.ClHO4/c1-13-10-14(2)20(15(3)11-13)8-9-22-18(21)12-23-17-6-4-16(19)5-7-17;2-1(3,4)5/h4-7,10-11H,8-9,12H2,1-3H3;(H,2,3,4,5)/q+1;/p-1. The second-order valence-corrected chi connectivity index (χ2v) is 7.00. The molecular formula is C18H21Cl2NO7. The summed E-state index contributed by atoms with van der Waals surface area (Å²) in [6.07, 6.45) is 0. The second kappa shape index (κ2) is 11.2. The fraction of sp³-hybridized carbons (Fsp3) is 0.333. The summed E-state index contributed by atoms with van der Waals surface area (Å²) in [5.41, 5.74) is 3.52. The number of hydrogen-bond acceptors (Lipinski definition) is 7. The SMILES string of the molecule is Cc1cc(C)[n+](CCOC(=O)COc2ccc(Cl)cc2)c(C)c1.[O-][Cl+3]([O-])([O-])[O-]. The minimum atomic E-state index is -4.94. The van der Waals surface area contributed by atoms with E-state index in [-0.39, 0.29) is 12.6 Å². The van der Waals surface area contributed by atoms with Crippen molar-refractivity contribution in [3.05, 3.63) is 58.4 Å². The Balaban J connectivity index is 0.000000696. The van der Waals surface area contributed by atoms with Crippen LogP contribution in [0, 0.1) is 31.0 Å². The van der Waals surface area contributed by atoms with Crippen LogP contribution in [0.25, 0.3) is 0 Å². The monoisotopic (exact) mass is 433 g/mol. The van der Waals surface area contributed by atoms with Crippen molar-refractivity contribution in [1.29, 1.82) is 0 Å². The average molecular weight is 434 g/mol. The van der Waals surface area contributed by atoms with E-state index in [2.05, 4.69) is 23.6 Å². The van der Waals surface area contributed by atoms with Crippen molar-refractivity contribution in [2.45, 2.75) is 27.3 Å². The van der Waals surface area contributed by atoms with Gasteiger partial charge in [0.05, 0.1) is 0 Å². The number of aryl methyl sites for hydroxylation is 3. The van der Waals surface area contributed by atoms with E-state index in [1.165, 1.54) is 5.56 Å². The fourth-order valence-electron chi connectivity index (χ4n) is 2.45. The summed E-state index contributed by atoms with van der Waals surface area (Å²) in [5.74, 6) is 0.203. The predicted molar refractivity (Wildman–Crippen MR) is 88.8 cm³/mol. The molecule has 28 heavy (non-hydrogen) atoms. The maximum atomic E-state index is 11.7. The molecule has 0 aliphatic heterocycles. The second-order valence-electron chi connectivity index (χ2n) is 5.81. The molecule has 0 saturated carbocycles. The predicted octanol–water partition coefficient (Wildman–Crippen LogP) is -1.58. The highest BCUT2D eigenvalue weighted by atomic mass is 35.7. The summed E-state index contributed by atoms with van der Waals surface area (Å²) in [5, 5.41) is 0.626. The molecule has 154 valence electrons. The Bertz CT molecular complexity index is 747. The lowest BCUT2D eigenvalue weighted by Crippen LogP contribution is -2.68. The molecule has 10 heteroatoms. The lowest BCUT2D eigenvalue weighted by atomic mass is 10.2. The van der Waals surface area contributed by atoms with Crippen molar-refractivity contribution < 1.29 is 47.7 Å². The van der Waals surface area contributed by atoms with Crippen LogP contribution in [0.15, 0.2) is 36.4 Å². The molecule has 0 unspecified atom stereocenters. The molecule has 0 bridgehead atoms. The number of benzene rings is 1. The largest absolute Gasteiger partial charge is 0.482 e. The van der Waals surface area contributed by atoms with Crippen LogP contribution in [-0.4, -0.2) is 19.2 Å². The molecule has 1 heterocycles. The van der Waals surface area contributed by atoms with E-state index in [0.717, 1.165) is 11.4 Å².